The molecule has 18 heavy (non-hydrogen) atoms. The molecule has 0 radical (unpaired) electrons. The highest BCUT2D eigenvalue weighted by molar-refractivity contribution is 7.89. The van der Waals surface area contributed by atoms with Crippen LogP contribution in [0.25, 0.3) is 0 Å². The van der Waals surface area contributed by atoms with E-state index >= 15 is 0 Å². The molecule has 6 heteroatoms. The molecule has 1 heterocycles. The Bertz CT molecular complexity index is 551. The van der Waals surface area contributed by atoms with Crippen molar-refractivity contribution in [1.82, 2.24) is 4.72 Å². The lowest BCUT2D eigenvalue weighted by molar-refractivity contribution is 0.297. The molecule has 1 aliphatic heterocycles. The number of hydrogen-bond donors (Lipinski definition) is 1. The highest BCUT2D eigenvalue weighted by atomic mass is 32.2. The molecule has 5 nitrogen and oxygen atoms in total. The van der Waals surface area contributed by atoms with E-state index in [0.717, 1.165) is 19.3 Å². The van der Waals surface area contributed by atoms with Crippen molar-refractivity contribution in [1.29, 1.82) is 0 Å². The minimum absolute atomic E-state index is 0.103. The molecular weight excluding hydrogens is 254 g/mol. The summed E-state index contributed by atoms with van der Waals surface area (Å²) in [6.07, 6.45) is 2.64. The molecular formula is C12H15NO4S. The average molecular weight is 269 g/mol. The standard InChI is InChI=1S/C12H15NO4S/c14-18(15,13-9-2-3-9)10-4-5-11-12(8-10)17-7-1-6-16-11/h4-5,8-9,13H,1-3,6-7H2. The number of sulfonamides is 1. The van der Waals surface area contributed by atoms with Crippen molar-refractivity contribution in [3.8, 4) is 11.5 Å². The molecule has 0 unspecified atom stereocenters. The van der Waals surface area contributed by atoms with Crippen molar-refractivity contribution < 1.29 is 17.9 Å². The molecule has 3 rings (SSSR count). The minimum Gasteiger partial charge on any atom is -0.490 e. The summed E-state index contributed by atoms with van der Waals surface area (Å²) >= 11 is 0. The number of ether oxygens (including phenoxy) is 2. The highest BCUT2D eigenvalue weighted by Crippen LogP contribution is 2.32. The van der Waals surface area contributed by atoms with Crippen molar-refractivity contribution in [3.05, 3.63) is 18.2 Å². The maximum absolute atomic E-state index is 12.0. The van der Waals surface area contributed by atoms with Crippen LogP contribution in [0, 0.1) is 0 Å². The first-order valence-electron chi connectivity index (χ1n) is 6.07. The summed E-state index contributed by atoms with van der Waals surface area (Å²) in [5, 5.41) is 0. The van der Waals surface area contributed by atoms with Crippen LogP contribution in [0.15, 0.2) is 23.1 Å². The Hall–Kier alpha value is -1.27. The second-order valence-corrected chi connectivity index (χ2v) is 6.27. The van der Waals surface area contributed by atoms with Crippen LogP contribution in [0.2, 0.25) is 0 Å². The number of benzene rings is 1. The van der Waals surface area contributed by atoms with Gasteiger partial charge in [0, 0.05) is 18.5 Å². The maximum atomic E-state index is 12.0. The molecule has 1 aromatic rings. The molecule has 1 saturated carbocycles. The van der Waals surface area contributed by atoms with Gasteiger partial charge in [-0.05, 0) is 25.0 Å². The van der Waals surface area contributed by atoms with Crippen LogP contribution >= 0.6 is 0 Å². The van der Waals surface area contributed by atoms with Gasteiger partial charge in [0.1, 0.15) is 0 Å². The first-order valence-corrected chi connectivity index (χ1v) is 7.55. The van der Waals surface area contributed by atoms with Gasteiger partial charge in [-0.25, -0.2) is 13.1 Å². The van der Waals surface area contributed by atoms with Crippen LogP contribution in [0.4, 0.5) is 0 Å². The Morgan fingerprint density at radius 3 is 2.56 bits per heavy atom. The normalized spacial score (nSPS) is 19.3. The van der Waals surface area contributed by atoms with Gasteiger partial charge in [-0.3, -0.25) is 0 Å². The molecule has 1 N–H and O–H groups in total. The number of fused-ring (bicyclic) bond motifs is 1. The molecule has 0 aromatic heterocycles. The fourth-order valence-electron chi connectivity index (χ4n) is 1.80. The third-order valence-electron chi connectivity index (χ3n) is 2.93. The lowest BCUT2D eigenvalue weighted by Gasteiger charge is -2.10. The van der Waals surface area contributed by atoms with Gasteiger partial charge in [0.15, 0.2) is 11.5 Å². The van der Waals surface area contributed by atoms with Crippen molar-refractivity contribution >= 4 is 10.0 Å². The van der Waals surface area contributed by atoms with Crippen molar-refractivity contribution in [3.63, 3.8) is 0 Å². The van der Waals surface area contributed by atoms with E-state index in [9.17, 15) is 8.42 Å². The number of rotatable bonds is 3. The molecule has 98 valence electrons. The van der Waals surface area contributed by atoms with E-state index in [1.807, 2.05) is 0 Å². The van der Waals surface area contributed by atoms with E-state index in [0.29, 0.717) is 24.7 Å². The van der Waals surface area contributed by atoms with Crippen LogP contribution in [0.5, 0.6) is 11.5 Å². The molecule has 0 spiro atoms. The summed E-state index contributed by atoms with van der Waals surface area (Å²) in [7, 11) is -3.43. The Labute approximate surface area is 106 Å². The summed E-state index contributed by atoms with van der Waals surface area (Å²) in [5.41, 5.74) is 0. The topological polar surface area (TPSA) is 64.6 Å². The Kier molecular flexibility index (Phi) is 2.91. The van der Waals surface area contributed by atoms with Crippen LogP contribution in [0.3, 0.4) is 0 Å². The van der Waals surface area contributed by atoms with Crippen molar-refractivity contribution in [2.75, 3.05) is 13.2 Å². The molecule has 1 fully saturated rings. The second-order valence-electron chi connectivity index (χ2n) is 4.55. The molecule has 1 aromatic carbocycles. The van der Waals surface area contributed by atoms with E-state index in [2.05, 4.69) is 4.72 Å². The summed E-state index contributed by atoms with van der Waals surface area (Å²) < 4.78 is 37.7. The summed E-state index contributed by atoms with van der Waals surface area (Å²) in [6.45, 7) is 1.14. The van der Waals surface area contributed by atoms with E-state index in [1.54, 1.807) is 12.1 Å². The van der Waals surface area contributed by atoms with Gasteiger partial charge >= 0.3 is 0 Å². The van der Waals surface area contributed by atoms with E-state index in [-0.39, 0.29) is 10.9 Å². The molecule has 0 saturated heterocycles. The Morgan fingerprint density at radius 2 is 1.83 bits per heavy atom. The molecule has 1 aliphatic carbocycles. The molecule has 2 aliphatic rings. The third kappa shape index (κ3) is 2.44. The first kappa shape index (κ1) is 11.8. The lowest BCUT2D eigenvalue weighted by atomic mass is 10.3. The Balaban J connectivity index is 1.90. The molecule has 0 bridgehead atoms. The summed E-state index contributed by atoms with van der Waals surface area (Å²) in [6, 6.07) is 4.84. The average Bonchev–Trinajstić information content (AvgIpc) is 3.13. The quantitative estimate of drug-likeness (QED) is 0.898. The van der Waals surface area contributed by atoms with Gasteiger partial charge in [-0.1, -0.05) is 0 Å². The van der Waals surface area contributed by atoms with Gasteiger partial charge in [0.25, 0.3) is 0 Å². The number of hydrogen-bond acceptors (Lipinski definition) is 4. The van der Waals surface area contributed by atoms with Crippen LogP contribution in [-0.2, 0) is 10.0 Å². The lowest BCUT2D eigenvalue weighted by Crippen LogP contribution is -2.25. The predicted octanol–water partition coefficient (Wildman–Crippen LogP) is 1.29. The van der Waals surface area contributed by atoms with E-state index < -0.39 is 10.0 Å². The van der Waals surface area contributed by atoms with Gasteiger partial charge in [-0.2, -0.15) is 0 Å². The van der Waals surface area contributed by atoms with Crippen LogP contribution < -0.4 is 14.2 Å². The van der Waals surface area contributed by atoms with E-state index in [1.165, 1.54) is 6.07 Å². The van der Waals surface area contributed by atoms with Gasteiger partial charge in [0.2, 0.25) is 10.0 Å². The second kappa shape index (κ2) is 4.44. The maximum Gasteiger partial charge on any atom is 0.240 e. The molecule has 0 atom stereocenters. The fraction of sp³-hybridized carbons (Fsp3) is 0.500. The van der Waals surface area contributed by atoms with E-state index in [4.69, 9.17) is 9.47 Å². The third-order valence-corrected chi connectivity index (χ3v) is 4.45. The van der Waals surface area contributed by atoms with Gasteiger partial charge in [0.05, 0.1) is 18.1 Å². The van der Waals surface area contributed by atoms with Crippen molar-refractivity contribution in [2.45, 2.75) is 30.2 Å². The fourth-order valence-corrected chi connectivity index (χ4v) is 3.12. The van der Waals surface area contributed by atoms with Gasteiger partial charge < -0.3 is 9.47 Å². The number of nitrogens with one attached hydrogen (secondary N) is 1. The monoisotopic (exact) mass is 269 g/mol. The Morgan fingerprint density at radius 1 is 1.11 bits per heavy atom. The predicted molar refractivity (Wildman–Crippen MR) is 65.4 cm³/mol. The van der Waals surface area contributed by atoms with Crippen LogP contribution in [0.1, 0.15) is 19.3 Å². The SMILES string of the molecule is O=S(=O)(NC1CC1)c1ccc2c(c1)OCCCO2. The molecule has 0 amide bonds. The van der Waals surface area contributed by atoms with Crippen LogP contribution in [-0.4, -0.2) is 27.7 Å². The highest BCUT2D eigenvalue weighted by Gasteiger charge is 2.28. The van der Waals surface area contributed by atoms with Crippen molar-refractivity contribution in [2.24, 2.45) is 0 Å². The summed E-state index contributed by atoms with van der Waals surface area (Å²) in [4.78, 5) is 0.235. The first-order chi connectivity index (χ1) is 8.65. The van der Waals surface area contributed by atoms with Gasteiger partial charge in [-0.15, -0.1) is 0 Å². The minimum atomic E-state index is -3.43. The zero-order chi connectivity index (χ0) is 12.6. The smallest absolute Gasteiger partial charge is 0.240 e. The summed E-state index contributed by atoms with van der Waals surface area (Å²) in [5.74, 6) is 1.11. The zero-order valence-corrected chi connectivity index (χ0v) is 10.7. The largest absolute Gasteiger partial charge is 0.490 e. The zero-order valence-electron chi connectivity index (χ0n) is 9.89.